The van der Waals surface area contributed by atoms with Gasteiger partial charge >= 0.3 is 0 Å². The van der Waals surface area contributed by atoms with Gasteiger partial charge in [0.2, 0.25) is 0 Å². The molecule has 1 unspecified atom stereocenters. The van der Waals surface area contributed by atoms with Crippen LogP contribution in [-0.4, -0.2) is 30.8 Å². The number of benzene rings is 4. The van der Waals surface area contributed by atoms with E-state index in [1.807, 2.05) is 49.8 Å². The number of aromatic nitrogens is 5. The normalized spacial score (nSPS) is 14.3. The van der Waals surface area contributed by atoms with E-state index in [2.05, 4.69) is 166 Å². The van der Waals surface area contributed by atoms with E-state index < -0.39 is 0 Å². The average molecular weight is 749 g/mol. The van der Waals surface area contributed by atoms with Crippen molar-refractivity contribution < 1.29 is 0 Å². The minimum absolute atomic E-state index is 0.436. The Hall–Kier alpha value is -7.44. The molecule has 1 aliphatic carbocycles. The molecule has 0 radical (unpaired) electrons. The molecule has 0 fully saturated rings. The van der Waals surface area contributed by atoms with Crippen molar-refractivity contribution >= 4 is 62.5 Å². The molecule has 1 atom stereocenters. The number of hydrogen-bond donors (Lipinski definition) is 0. The Labute approximate surface area is 337 Å². The van der Waals surface area contributed by atoms with Gasteiger partial charge in [0.1, 0.15) is 0 Å². The van der Waals surface area contributed by atoms with Crippen molar-refractivity contribution in [2.24, 2.45) is 10.9 Å². The van der Waals surface area contributed by atoms with Gasteiger partial charge in [0.25, 0.3) is 0 Å². The molecule has 6 nitrogen and oxygen atoms in total. The second kappa shape index (κ2) is 14.6. The summed E-state index contributed by atoms with van der Waals surface area (Å²) >= 11 is 0. The number of aliphatic imine (C=N–C) groups is 1. The molecule has 6 heteroatoms. The molecule has 0 amide bonds. The molecule has 5 aromatic heterocycles. The summed E-state index contributed by atoms with van der Waals surface area (Å²) in [6, 6.07) is 47.0. The Morgan fingerprint density at radius 1 is 0.621 bits per heavy atom. The number of pyridine rings is 3. The van der Waals surface area contributed by atoms with Gasteiger partial charge < -0.3 is 9.13 Å². The van der Waals surface area contributed by atoms with E-state index in [0.29, 0.717) is 5.92 Å². The van der Waals surface area contributed by atoms with Gasteiger partial charge in [-0.1, -0.05) is 79.7 Å². The van der Waals surface area contributed by atoms with E-state index in [1.54, 1.807) is 0 Å². The van der Waals surface area contributed by atoms with Crippen LogP contribution in [0.15, 0.2) is 175 Å². The van der Waals surface area contributed by atoms with Crippen molar-refractivity contribution in [3.8, 4) is 33.8 Å². The van der Waals surface area contributed by atoms with Gasteiger partial charge in [-0.3, -0.25) is 19.9 Å². The molecule has 4 aromatic carbocycles. The third kappa shape index (κ3) is 5.89. The maximum absolute atomic E-state index is 4.94. The molecule has 0 bridgehead atoms. The summed E-state index contributed by atoms with van der Waals surface area (Å²) in [7, 11) is 0. The molecular formula is C52H40N6. The van der Waals surface area contributed by atoms with Crippen LogP contribution in [0.4, 0.5) is 5.69 Å². The van der Waals surface area contributed by atoms with Crippen molar-refractivity contribution in [2.75, 3.05) is 0 Å². The molecule has 0 saturated heterocycles. The highest BCUT2D eigenvalue weighted by Gasteiger charge is 2.22. The van der Waals surface area contributed by atoms with Gasteiger partial charge in [0.15, 0.2) is 0 Å². The molecule has 58 heavy (non-hydrogen) atoms. The number of hydrogen-bond acceptors (Lipinski definition) is 4. The second-order valence-corrected chi connectivity index (χ2v) is 14.8. The van der Waals surface area contributed by atoms with E-state index in [4.69, 9.17) is 9.97 Å². The third-order valence-corrected chi connectivity index (χ3v) is 11.2. The van der Waals surface area contributed by atoms with Crippen molar-refractivity contribution in [1.29, 1.82) is 0 Å². The van der Waals surface area contributed by atoms with Gasteiger partial charge in [-0.2, -0.15) is 0 Å². The van der Waals surface area contributed by atoms with Crippen LogP contribution in [0.2, 0.25) is 0 Å². The van der Waals surface area contributed by atoms with Crippen molar-refractivity contribution in [2.45, 2.75) is 20.3 Å². The zero-order valence-corrected chi connectivity index (χ0v) is 32.4. The number of nitrogens with zero attached hydrogens (tertiary/aromatic N) is 6. The molecule has 0 N–H and O–H groups in total. The van der Waals surface area contributed by atoms with Crippen LogP contribution in [0.3, 0.4) is 0 Å². The van der Waals surface area contributed by atoms with Crippen molar-refractivity contribution in [1.82, 2.24) is 24.1 Å². The summed E-state index contributed by atoms with van der Waals surface area (Å²) in [6.45, 7) is 8.38. The van der Waals surface area contributed by atoms with Crippen LogP contribution in [0, 0.1) is 5.92 Å². The van der Waals surface area contributed by atoms with Crippen LogP contribution < -0.4 is 0 Å². The van der Waals surface area contributed by atoms with Crippen LogP contribution >= 0.6 is 0 Å². The maximum Gasteiger partial charge on any atom is 0.0963 e. The van der Waals surface area contributed by atoms with Crippen LogP contribution in [0.25, 0.3) is 83.8 Å². The molecule has 1 aliphatic rings. The fraction of sp³-hybridized carbons (Fsp3) is 0.0769. The zero-order valence-electron chi connectivity index (χ0n) is 32.4. The van der Waals surface area contributed by atoms with Crippen molar-refractivity contribution in [3.63, 3.8) is 0 Å². The summed E-state index contributed by atoms with van der Waals surface area (Å²) in [6.07, 6.45) is 15.5. The highest BCUT2D eigenvalue weighted by atomic mass is 15.0. The standard InChI is InChI=1S/C52H40N6/c1-4-13-49-51(53-3)43-31-36(40-24-21-34(2)30-42(40)46-19-8-10-28-55-46)23-25-47(43)57(49)37-14-11-15-38(33-37)58-48-26-22-35(32-44(48)52-50(58)20-12-29-56-52)39-16-5-6-17-41(39)45-18-7-9-27-54-45/h4-20,22-34H,3,21H2,1-2H3/b13-4-. The van der Waals surface area contributed by atoms with Gasteiger partial charge in [-0.25, -0.2) is 0 Å². The molecule has 10 rings (SSSR count). The number of allylic oxidation sites excluding steroid dienone is 5. The van der Waals surface area contributed by atoms with Gasteiger partial charge in [-0.05, 0) is 133 Å². The van der Waals surface area contributed by atoms with E-state index in [0.717, 1.165) is 101 Å². The fourth-order valence-corrected chi connectivity index (χ4v) is 8.62. The third-order valence-electron chi connectivity index (χ3n) is 11.2. The minimum atomic E-state index is 0.436. The Kier molecular flexibility index (Phi) is 8.79. The molecule has 0 aliphatic heterocycles. The van der Waals surface area contributed by atoms with E-state index in [-0.39, 0.29) is 0 Å². The zero-order chi connectivity index (χ0) is 39.2. The van der Waals surface area contributed by atoms with Gasteiger partial charge in [0.05, 0.1) is 44.8 Å². The monoisotopic (exact) mass is 748 g/mol. The molecular weight excluding hydrogens is 709 g/mol. The lowest BCUT2D eigenvalue weighted by molar-refractivity contribution is 0.741. The lowest BCUT2D eigenvalue weighted by Crippen LogP contribution is -2.02. The lowest BCUT2D eigenvalue weighted by Gasteiger charge is -2.20. The second-order valence-electron chi connectivity index (χ2n) is 14.8. The molecule has 5 heterocycles. The largest absolute Gasteiger partial charge is 0.308 e. The first kappa shape index (κ1) is 35.0. The number of rotatable bonds is 8. The minimum Gasteiger partial charge on any atom is -0.308 e. The maximum atomic E-state index is 4.94. The Morgan fingerprint density at radius 2 is 1.31 bits per heavy atom. The summed E-state index contributed by atoms with van der Waals surface area (Å²) in [5, 5.41) is 2.14. The van der Waals surface area contributed by atoms with Crippen molar-refractivity contribution in [3.05, 3.63) is 187 Å². The number of fused-ring (bicyclic) bond motifs is 4. The first-order chi connectivity index (χ1) is 28.6. The molecule has 9 aromatic rings. The molecule has 278 valence electrons. The van der Waals surface area contributed by atoms with Crippen LogP contribution in [0.1, 0.15) is 37.2 Å². The Morgan fingerprint density at radius 3 is 2.07 bits per heavy atom. The smallest absolute Gasteiger partial charge is 0.0963 e. The summed E-state index contributed by atoms with van der Waals surface area (Å²) < 4.78 is 4.63. The Balaban J connectivity index is 1.12. The van der Waals surface area contributed by atoms with E-state index >= 15 is 0 Å². The average Bonchev–Trinajstić information content (AvgIpc) is 3.78. The fourth-order valence-electron chi connectivity index (χ4n) is 8.62. The van der Waals surface area contributed by atoms with Gasteiger partial charge in [-0.15, -0.1) is 0 Å². The first-order valence-corrected chi connectivity index (χ1v) is 19.7. The SMILES string of the molecule is C=Nc1c(/C=C\C)n(-c2cccc(-n3c4ccc(-c5ccccc5-c5ccccn5)cc4c4ncccc43)c2)c2ccc(C3=CCC(C)C=C3c3ccccn3)cc12. The Bertz CT molecular complexity index is 3130. The molecule has 0 spiro atoms. The summed E-state index contributed by atoms with van der Waals surface area (Å²) in [5.41, 5.74) is 16.8. The van der Waals surface area contributed by atoms with Gasteiger partial charge in [0, 0.05) is 51.9 Å². The van der Waals surface area contributed by atoms with E-state index in [1.165, 1.54) is 5.57 Å². The molecule has 0 saturated carbocycles. The lowest BCUT2D eigenvalue weighted by atomic mass is 9.85. The van der Waals surface area contributed by atoms with E-state index in [9.17, 15) is 0 Å². The highest BCUT2D eigenvalue weighted by molar-refractivity contribution is 6.10. The predicted octanol–water partition coefficient (Wildman–Crippen LogP) is 13.1. The summed E-state index contributed by atoms with van der Waals surface area (Å²) in [4.78, 5) is 19.0. The van der Waals surface area contributed by atoms with Crippen LogP contribution in [-0.2, 0) is 0 Å². The summed E-state index contributed by atoms with van der Waals surface area (Å²) in [5.74, 6) is 0.436. The highest BCUT2D eigenvalue weighted by Crippen LogP contribution is 2.43. The first-order valence-electron chi connectivity index (χ1n) is 19.7. The quantitative estimate of drug-likeness (QED) is 0.145. The van der Waals surface area contributed by atoms with Crippen LogP contribution in [0.5, 0.6) is 0 Å². The predicted molar refractivity (Wildman–Crippen MR) is 242 cm³/mol. The topological polar surface area (TPSA) is 60.9 Å².